The maximum Gasteiger partial charge on any atom is 0.0925 e. The van der Waals surface area contributed by atoms with Crippen LogP contribution in [0.3, 0.4) is 0 Å². The summed E-state index contributed by atoms with van der Waals surface area (Å²) in [5, 5.41) is 4.71. The van der Waals surface area contributed by atoms with Gasteiger partial charge in [0.15, 0.2) is 0 Å². The molecule has 3 rings (SSSR count). The summed E-state index contributed by atoms with van der Waals surface area (Å²) >= 11 is 1.88. The lowest BCUT2D eigenvalue weighted by atomic mass is 10.2. The van der Waals surface area contributed by atoms with Crippen molar-refractivity contribution in [1.29, 1.82) is 0 Å². The third-order valence-corrected chi connectivity index (χ3v) is 5.33. The average Bonchev–Trinajstić information content (AvgIpc) is 3.09. The first-order valence-corrected chi connectivity index (χ1v) is 8.27. The highest BCUT2D eigenvalue weighted by Gasteiger charge is 2.28. The van der Waals surface area contributed by atoms with Gasteiger partial charge in [0, 0.05) is 62.9 Å². The molecule has 1 atom stereocenters. The van der Waals surface area contributed by atoms with E-state index in [0.717, 1.165) is 32.1 Å². The standard InChI is InChI=1S/C14H24N4S/c1-2-14-16-9-13(19-14)11-17-6-3-12(10-17)18-7-4-15-5-8-18/h9,12,15H,2-8,10-11H2,1H3. The van der Waals surface area contributed by atoms with Crippen LogP contribution in [0, 0.1) is 0 Å². The van der Waals surface area contributed by atoms with Crippen molar-refractivity contribution in [2.45, 2.75) is 32.4 Å². The molecule has 4 nitrogen and oxygen atoms in total. The molecule has 106 valence electrons. The Bertz CT molecular complexity index is 400. The van der Waals surface area contributed by atoms with E-state index in [9.17, 15) is 0 Å². The van der Waals surface area contributed by atoms with Crippen LogP contribution in [0.5, 0.6) is 0 Å². The first-order chi connectivity index (χ1) is 9.35. The highest BCUT2D eigenvalue weighted by Crippen LogP contribution is 2.21. The monoisotopic (exact) mass is 280 g/mol. The molecule has 0 spiro atoms. The van der Waals surface area contributed by atoms with Crippen LogP contribution >= 0.6 is 11.3 Å². The predicted molar refractivity (Wildman–Crippen MR) is 79.6 cm³/mol. The molecule has 0 aliphatic carbocycles. The molecule has 5 heteroatoms. The van der Waals surface area contributed by atoms with E-state index >= 15 is 0 Å². The summed E-state index contributed by atoms with van der Waals surface area (Å²) in [5.74, 6) is 0. The zero-order chi connectivity index (χ0) is 13.1. The van der Waals surface area contributed by atoms with E-state index in [4.69, 9.17) is 0 Å². The van der Waals surface area contributed by atoms with Crippen molar-refractivity contribution in [1.82, 2.24) is 20.1 Å². The molecule has 2 aliphatic heterocycles. The van der Waals surface area contributed by atoms with Crippen LogP contribution in [0.25, 0.3) is 0 Å². The molecule has 1 unspecified atom stereocenters. The van der Waals surface area contributed by atoms with Gasteiger partial charge in [0.05, 0.1) is 5.01 Å². The van der Waals surface area contributed by atoms with Gasteiger partial charge in [-0.2, -0.15) is 0 Å². The molecule has 1 N–H and O–H groups in total. The van der Waals surface area contributed by atoms with E-state index < -0.39 is 0 Å². The second-order valence-corrected chi connectivity index (χ2v) is 6.74. The summed E-state index contributed by atoms with van der Waals surface area (Å²) in [6.45, 7) is 10.5. The van der Waals surface area contributed by atoms with Crippen molar-refractivity contribution in [2.75, 3.05) is 39.3 Å². The number of aryl methyl sites for hydroxylation is 1. The second kappa shape index (κ2) is 6.31. The van der Waals surface area contributed by atoms with Crippen molar-refractivity contribution >= 4 is 11.3 Å². The van der Waals surface area contributed by atoms with Gasteiger partial charge in [0.1, 0.15) is 0 Å². The molecule has 0 amide bonds. The molecule has 2 aliphatic rings. The smallest absolute Gasteiger partial charge is 0.0925 e. The van der Waals surface area contributed by atoms with Gasteiger partial charge in [-0.1, -0.05) is 6.92 Å². The highest BCUT2D eigenvalue weighted by molar-refractivity contribution is 7.11. The van der Waals surface area contributed by atoms with E-state index in [2.05, 4.69) is 33.2 Å². The lowest BCUT2D eigenvalue weighted by molar-refractivity contribution is 0.170. The van der Waals surface area contributed by atoms with E-state index in [1.807, 2.05) is 11.3 Å². The fourth-order valence-electron chi connectivity index (χ4n) is 3.11. The topological polar surface area (TPSA) is 31.4 Å². The number of rotatable bonds is 4. The van der Waals surface area contributed by atoms with E-state index in [1.54, 1.807) is 0 Å². The fraction of sp³-hybridized carbons (Fsp3) is 0.786. The Morgan fingerprint density at radius 1 is 1.37 bits per heavy atom. The summed E-state index contributed by atoms with van der Waals surface area (Å²) in [5.41, 5.74) is 0. The fourth-order valence-corrected chi connectivity index (χ4v) is 4.01. The lowest BCUT2D eigenvalue weighted by Crippen LogP contribution is -2.49. The Morgan fingerprint density at radius 2 is 2.21 bits per heavy atom. The molecule has 0 aromatic carbocycles. The third kappa shape index (κ3) is 3.34. The van der Waals surface area contributed by atoms with Crippen LogP contribution in [0.2, 0.25) is 0 Å². The summed E-state index contributed by atoms with van der Waals surface area (Å²) in [7, 11) is 0. The van der Waals surface area contributed by atoms with Crippen molar-refractivity contribution in [2.24, 2.45) is 0 Å². The van der Waals surface area contributed by atoms with Gasteiger partial charge < -0.3 is 5.32 Å². The van der Waals surface area contributed by atoms with Crippen LogP contribution in [0.4, 0.5) is 0 Å². The van der Waals surface area contributed by atoms with Crippen LogP contribution in [-0.4, -0.2) is 60.1 Å². The molecule has 0 saturated carbocycles. The van der Waals surface area contributed by atoms with Gasteiger partial charge in [-0.05, 0) is 12.8 Å². The highest BCUT2D eigenvalue weighted by atomic mass is 32.1. The molecule has 0 radical (unpaired) electrons. The SMILES string of the molecule is CCc1ncc(CN2CCC(N3CCNCC3)C2)s1. The van der Waals surface area contributed by atoms with Gasteiger partial charge in [-0.3, -0.25) is 9.80 Å². The quantitative estimate of drug-likeness (QED) is 0.897. The van der Waals surface area contributed by atoms with Crippen molar-refractivity contribution in [3.63, 3.8) is 0 Å². The molecular formula is C14H24N4S. The molecule has 19 heavy (non-hydrogen) atoms. The van der Waals surface area contributed by atoms with Crippen LogP contribution in [0.1, 0.15) is 23.2 Å². The first-order valence-electron chi connectivity index (χ1n) is 7.46. The zero-order valence-electron chi connectivity index (χ0n) is 11.8. The number of hydrogen-bond acceptors (Lipinski definition) is 5. The molecule has 0 bridgehead atoms. The Balaban J connectivity index is 1.51. The lowest BCUT2D eigenvalue weighted by Gasteiger charge is -2.32. The minimum atomic E-state index is 0.778. The largest absolute Gasteiger partial charge is 0.314 e. The Labute approximate surface area is 119 Å². The molecule has 2 fully saturated rings. The minimum absolute atomic E-state index is 0.778. The van der Waals surface area contributed by atoms with Crippen molar-refractivity contribution in [3.8, 4) is 0 Å². The Morgan fingerprint density at radius 3 is 2.95 bits per heavy atom. The number of hydrogen-bond donors (Lipinski definition) is 1. The van der Waals surface area contributed by atoms with Crippen molar-refractivity contribution < 1.29 is 0 Å². The molecule has 1 aromatic rings. The summed E-state index contributed by atoms with van der Waals surface area (Å²) < 4.78 is 0. The normalized spacial score (nSPS) is 26.1. The summed E-state index contributed by atoms with van der Waals surface area (Å²) in [4.78, 5) is 11.2. The minimum Gasteiger partial charge on any atom is -0.314 e. The Kier molecular flexibility index (Phi) is 4.48. The third-order valence-electron chi connectivity index (χ3n) is 4.20. The van der Waals surface area contributed by atoms with Crippen molar-refractivity contribution in [3.05, 3.63) is 16.1 Å². The first kappa shape index (κ1) is 13.5. The van der Waals surface area contributed by atoms with E-state index in [0.29, 0.717) is 0 Å². The number of piperazine rings is 1. The number of thiazole rings is 1. The molecule has 1 aromatic heterocycles. The number of nitrogens with zero attached hydrogens (tertiary/aromatic N) is 3. The zero-order valence-corrected chi connectivity index (χ0v) is 12.6. The van der Waals surface area contributed by atoms with Crippen LogP contribution in [0.15, 0.2) is 6.20 Å². The van der Waals surface area contributed by atoms with Gasteiger partial charge in [0.25, 0.3) is 0 Å². The number of nitrogens with one attached hydrogen (secondary N) is 1. The maximum absolute atomic E-state index is 4.46. The molecule has 2 saturated heterocycles. The van der Waals surface area contributed by atoms with E-state index in [-0.39, 0.29) is 0 Å². The number of likely N-dealkylation sites (tertiary alicyclic amines) is 1. The number of aromatic nitrogens is 1. The maximum atomic E-state index is 4.46. The van der Waals surface area contributed by atoms with Crippen LogP contribution < -0.4 is 5.32 Å². The van der Waals surface area contributed by atoms with Gasteiger partial charge in [-0.25, -0.2) is 4.98 Å². The van der Waals surface area contributed by atoms with E-state index in [1.165, 1.54) is 42.5 Å². The summed E-state index contributed by atoms with van der Waals surface area (Å²) in [6.07, 6.45) is 4.47. The predicted octanol–water partition coefficient (Wildman–Crippen LogP) is 1.18. The average molecular weight is 280 g/mol. The van der Waals surface area contributed by atoms with Gasteiger partial charge in [-0.15, -0.1) is 11.3 Å². The second-order valence-electron chi connectivity index (χ2n) is 5.54. The van der Waals surface area contributed by atoms with Gasteiger partial charge >= 0.3 is 0 Å². The van der Waals surface area contributed by atoms with Gasteiger partial charge in [0.2, 0.25) is 0 Å². The molecular weight excluding hydrogens is 256 g/mol. The Hall–Kier alpha value is -0.490. The van der Waals surface area contributed by atoms with Crippen LogP contribution in [-0.2, 0) is 13.0 Å². The summed E-state index contributed by atoms with van der Waals surface area (Å²) in [6, 6.07) is 0.778. The molecule has 3 heterocycles.